The molecule has 1 heterocycles. The molecule has 6 heteroatoms. The van der Waals surface area contributed by atoms with E-state index in [1.165, 1.54) is 0 Å². The summed E-state index contributed by atoms with van der Waals surface area (Å²) in [5, 5.41) is 0. The molecule has 1 saturated heterocycles. The summed E-state index contributed by atoms with van der Waals surface area (Å²) in [5.41, 5.74) is 2.72. The Morgan fingerprint density at radius 1 is 1.04 bits per heavy atom. The minimum atomic E-state index is -3.72. The van der Waals surface area contributed by atoms with Crippen LogP contribution in [0.1, 0.15) is 17.5 Å². The molecular formula is C18H20N2O3S. The number of hydrogen-bond acceptors (Lipinski definition) is 3. The summed E-state index contributed by atoms with van der Waals surface area (Å²) >= 11 is 0. The lowest BCUT2D eigenvalue weighted by atomic mass is 10.1. The molecule has 1 atom stereocenters. The number of carbonyl (C=O) groups excluding carboxylic acids is 1. The maximum Gasteiger partial charge on any atom is 0.245 e. The number of sulfonamides is 1. The highest BCUT2D eigenvalue weighted by Crippen LogP contribution is 2.23. The molecule has 0 aromatic heterocycles. The number of nitrogens with one attached hydrogen (secondary N) is 1. The number of hydrogen-bond donors (Lipinski definition) is 1. The predicted octanol–water partition coefficient (Wildman–Crippen LogP) is 2.39. The van der Waals surface area contributed by atoms with Gasteiger partial charge in [-0.1, -0.05) is 24.3 Å². The van der Waals surface area contributed by atoms with E-state index in [2.05, 4.69) is 4.72 Å². The van der Waals surface area contributed by atoms with Crippen LogP contribution in [0, 0.1) is 13.8 Å². The second-order valence-electron chi connectivity index (χ2n) is 6.03. The monoisotopic (exact) mass is 344 g/mol. The number of amides is 1. The zero-order valence-corrected chi connectivity index (χ0v) is 14.5. The van der Waals surface area contributed by atoms with Crippen LogP contribution in [0.25, 0.3) is 0 Å². The van der Waals surface area contributed by atoms with Gasteiger partial charge in [0.05, 0.1) is 4.90 Å². The molecule has 24 heavy (non-hydrogen) atoms. The number of rotatable bonds is 4. The fraction of sp³-hybridized carbons (Fsp3) is 0.278. The maximum absolute atomic E-state index is 12.6. The molecule has 126 valence electrons. The standard InChI is InChI=1S/C18H20N2O3S/c1-13-8-9-16(12-14(13)2)24(22,23)19-17-10-11-20(18(17)21)15-6-4-3-5-7-15/h3-9,12,17,19H,10-11H2,1-2H3/t17-/m1/s1. The molecule has 1 aliphatic rings. The van der Waals surface area contributed by atoms with E-state index in [0.29, 0.717) is 13.0 Å². The molecule has 2 aromatic rings. The van der Waals surface area contributed by atoms with Crippen molar-refractivity contribution >= 4 is 21.6 Å². The predicted molar refractivity (Wildman–Crippen MR) is 93.4 cm³/mol. The minimum Gasteiger partial charge on any atom is -0.311 e. The van der Waals surface area contributed by atoms with Gasteiger partial charge in [0.15, 0.2) is 0 Å². The van der Waals surface area contributed by atoms with Crippen molar-refractivity contribution in [1.82, 2.24) is 4.72 Å². The van der Waals surface area contributed by atoms with Crippen LogP contribution in [0.2, 0.25) is 0 Å². The highest BCUT2D eigenvalue weighted by Gasteiger charge is 2.35. The molecule has 0 radical (unpaired) electrons. The van der Waals surface area contributed by atoms with Crippen molar-refractivity contribution in [2.75, 3.05) is 11.4 Å². The van der Waals surface area contributed by atoms with Gasteiger partial charge in [0, 0.05) is 12.2 Å². The summed E-state index contributed by atoms with van der Waals surface area (Å²) in [6.07, 6.45) is 0.456. The van der Waals surface area contributed by atoms with Crippen molar-refractivity contribution < 1.29 is 13.2 Å². The van der Waals surface area contributed by atoms with Crippen molar-refractivity contribution in [1.29, 1.82) is 0 Å². The van der Waals surface area contributed by atoms with Gasteiger partial charge < -0.3 is 4.90 Å². The zero-order chi connectivity index (χ0) is 17.3. The highest BCUT2D eigenvalue weighted by atomic mass is 32.2. The fourth-order valence-electron chi connectivity index (χ4n) is 2.79. The second-order valence-corrected chi connectivity index (χ2v) is 7.75. The first kappa shape index (κ1) is 16.7. The number of benzene rings is 2. The van der Waals surface area contributed by atoms with E-state index >= 15 is 0 Å². The van der Waals surface area contributed by atoms with E-state index in [-0.39, 0.29) is 10.8 Å². The quantitative estimate of drug-likeness (QED) is 0.926. The van der Waals surface area contributed by atoms with Gasteiger partial charge in [0.2, 0.25) is 15.9 Å². The topological polar surface area (TPSA) is 66.5 Å². The first-order valence-electron chi connectivity index (χ1n) is 7.84. The molecular weight excluding hydrogens is 324 g/mol. The lowest BCUT2D eigenvalue weighted by Gasteiger charge is -2.17. The Kier molecular flexibility index (Phi) is 4.43. The van der Waals surface area contributed by atoms with Crippen LogP contribution in [0.3, 0.4) is 0 Å². The average Bonchev–Trinajstić information content (AvgIpc) is 2.91. The molecule has 1 aliphatic heterocycles. The Labute approximate surface area is 142 Å². The maximum atomic E-state index is 12.6. The molecule has 1 amide bonds. The van der Waals surface area contributed by atoms with Crippen LogP contribution >= 0.6 is 0 Å². The van der Waals surface area contributed by atoms with Crippen molar-refractivity contribution in [3.63, 3.8) is 0 Å². The summed E-state index contributed by atoms with van der Waals surface area (Å²) in [7, 11) is -3.72. The van der Waals surface area contributed by atoms with E-state index in [0.717, 1.165) is 16.8 Å². The van der Waals surface area contributed by atoms with E-state index in [1.807, 2.05) is 44.2 Å². The first-order valence-corrected chi connectivity index (χ1v) is 9.33. The zero-order valence-electron chi connectivity index (χ0n) is 13.7. The lowest BCUT2D eigenvalue weighted by molar-refractivity contribution is -0.118. The molecule has 0 spiro atoms. The number of carbonyl (C=O) groups is 1. The number of anilines is 1. The summed E-state index contributed by atoms with van der Waals surface area (Å²) in [4.78, 5) is 14.3. The largest absolute Gasteiger partial charge is 0.311 e. The Morgan fingerprint density at radius 3 is 2.42 bits per heavy atom. The molecule has 1 fully saturated rings. The van der Waals surface area contributed by atoms with E-state index in [1.54, 1.807) is 23.1 Å². The Hall–Kier alpha value is -2.18. The van der Waals surface area contributed by atoms with Crippen LogP contribution < -0.4 is 9.62 Å². The van der Waals surface area contributed by atoms with E-state index in [9.17, 15) is 13.2 Å². The van der Waals surface area contributed by atoms with Crippen LogP contribution in [0.15, 0.2) is 53.4 Å². The minimum absolute atomic E-state index is 0.191. The summed E-state index contributed by atoms with van der Waals surface area (Å²) in [6.45, 7) is 4.30. The Balaban J connectivity index is 1.78. The molecule has 0 saturated carbocycles. The summed E-state index contributed by atoms with van der Waals surface area (Å²) in [6, 6.07) is 13.5. The third-order valence-corrected chi connectivity index (χ3v) is 5.83. The fourth-order valence-corrected chi connectivity index (χ4v) is 4.10. The van der Waals surface area contributed by atoms with Gasteiger partial charge in [-0.2, -0.15) is 4.72 Å². The first-order chi connectivity index (χ1) is 11.4. The third kappa shape index (κ3) is 3.20. The van der Waals surface area contributed by atoms with Gasteiger partial charge in [0.1, 0.15) is 6.04 Å². The van der Waals surface area contributed by atoms with Gasteiger partial charge in [-0.15, -0.1) is 0 Å². The molecule has 1 N–H and O–H groups in total. The van der Waals surface area contributed by atoms with E-state index < -0.39 is 16.1 Å². The normalized spacial score (nSPS) is 18.2. The van der Waals surface area contributed by atoms with Gasteiger partial charge in [-0.3, -0.25) is 4.79 Å². The van der Waals surface area contributed by atoms with Crippen molar-refractivity contribution in [2.45, 2.75) is 31.2 Å². The number of nitrogens with zero attached hydrogens (tertiary/aromatic N) is 1. The van der Waals surface area contributed by atoms with Crippen LogP contribution in [-0.2, 0) is 14.8 Å². The van der Waals surface area contributed by atoms with Crippen LogP contribution in [0.5, 0.6) is 0 Å². The van der Waals surface area contributed by atoms with Crippen molar-refractivity contribution in [3.8, 4) is 0 Å². The van der Waals surface area contributed by atoms with Gasteiger partial charge in [0.25, 0.3) is 0 Å². The summed E-state index contributed by atoms with van der Waals surface area (Å²) in [5.74, 6) is -0.214. The smallest absolute Gasteiger partial charge is 0.245 e. The number of para-hydroxylation sites is 1. The van der Waals surface area contributed by atoms with Crippen LogP contribution in [-0.4, -0.2) is 26.9 Å². The molecule has 0 unspecified atom stereocenters. The van der Waals surface area contributed by atoms with E-state index in [4.69, 9.17) is 0 Å². The molecule has 0 bridgehead atoms. The van der Waals surface area contributed by atoms with Gasteiger partial charge >= 0.3 is 0 Å². The van der Waals surface area contributed by atoms with Crippen molar-refractivity contribution in [2.24, 2.45) is 0 Å². The Morgan fingerprint density at radius 2 is 1.75 bits per heavy atom. The SMILES string of the molecule is Cc1ccc(S(=O)(=O)N[C@@H]2CCN(c3ccccc3)C2=O)cc1C. The van der Waals surface area contributed by atoms with Crippen molar-refractivity contribution in [3.05, 3.63) is 59.7 Å². The highest BCUT2D eigenvalue weighted by molar-refractivity contribution is 7.89. The second kappa shape index (κ2) is 6.37. The van der Waals surface area contributed by atoms with Gasteiger partial charge in [-0.25, -0.2) is 8.42 Å². The summed E-state index contributed by atoms with van der Waals surface area (Å²) < 4.78 is 27.7. The molecule has 5 nitrogen and oxygen atoms in total. The van der Waals surface area contributed by atoms with Gasteiger partial charge in [-0.05, 0) is 55.7 Å². The number of aryl methyl sites for hydroxylation is 2. The average molecular weight is 344 g/mol. The lowest BCUT2D eigenvalue weighted by Crippen LogP contribution is -2.41. The molecule has 0 aliphatic carbocycles. The van der Waals surface area contributed by atoms with Crippen LogP contribution in [0.4, 0.5) is 5.69 Å². The molecule has 2 aromatic carbocycles. The third-order valence-electron chi connectivity index (χ3n) is 4.36. The Bertz CT molecular complexity index is 863. The molecule has 3 rings (SSSR count).